The summed E-state index contributed by atoms with van der Waals surface area (Å²) in [6.45, 7) is 10.3. The van der Waals surface area contributed by atoms with Crippen LogP contribution in [0.1, 0.15) is 45.2 Å². The molecule has 2 aromatic carbocycles. The number of hydrogen-bond donors (Lipinski definition) is 0. The number of ether oxygens (including phenoxy) is 1. The van der Waals surface area contributed by atoms with Crippen molar-refractivity contribution in [1.82, 2.24) is 4.90 Å². The Kier molecular flexibility index (Phi) is 5.64. The van der Waals surface area contributed by atoms with Crippen LogP contribution in [0.15, 0.2) is 48.5 Å². The summed E-state index contributed by atoms with van der Waals surface area (Å²) in [6.07, 6.45) is 1.40. The van der Waals surface area contributed by atoms with Crippen LogP contribution in [-0.4, -0.2) is 42.2 Å². The first-order valence-corrected chi connectivity index (χ1v) is 10.7. The predicted octanol–water partition coefficient (Wildman–Crippen LogP) is 3.34. The highest BCUT2D eigenvalue weighted by Gasteiger charge is 2.51. The number of rotatable bonds is 6. The van der Waals surface area contributed by atoms with E-state index in [0.717, 1.165) is 41.8 Å². The van der Waals surface area contributed by atoms with Gasteiger partial charge in [0.1, 0.15) is 12.4 Å². The van der Waals surface area contributed by atoms with Crippen LogP contribution in [0.4, 0.5) is 0 Å². The maximum atomic E-state index is 12.7. The molecule has 0 atom stereocenters. The third kappa shape index (κ3) is 4.25. The number of carbonyl (C=O) groups is 1. The Labute approximate surface area is 179 Å². The van der Waals surface area contributed by atoms with Gasteiger partial charge < -0.3 is 18.9 Å². The molecule has 2 aliphatic heterocycles. The molecule has 0 aromatic heterocycles. The van der Waals surface area contributed by atoms with Crippen LogP contribution < -0.4 is 10.2 Å². The van der Waals surface area contributed by atoms with Crippen molar-refractivity contribution in [2.24, 2.45) is 0 Å². The normalized spacial score (nSPS) is 19.5. The standard InChI is InChI=1S/C24H30BNO4/c1-23(2)24(3,4)30-25(29-23)20-11-12-21(28-17-18-9-6-5-7-10-18)19(15-20)16-22(27)26-13-8-14-26/h5-7,9-12,15H,8,13-14,16-17H2,1-4H3. The van der Waals surface area contributed by atoms with Crippen LogP contribution in [0.3, 0.4) is 0 Å². The van der Waals surface area contributed by atoms with Crippen LogP contribution in [-0.2, 0) is 27.1 Å². The molecule has 1 amide bonds. The second-order valence-corrected chi connectivity index (χ2v) is 9.14. The monoisotopic (exact) mass is 407 g/mol. The van der Waals surface area contributed by atoms with Gasteiger partial charge in [0, 0.05) is 18.7 Å². The van der Waals surface area contributed by atoms with Gasteiger partial charge in [0.15, 0.2) is 0 Å². The lowest BCUT2D eigenvalue weighted by atomic mass is 9.78. The van der Waals surface area contributed by atoms with Crippen LogP contribution in [0.2, 0.25) is 0 Å². The molecule has 0 radical (unpaired) electrons. The van der Waals surface area contributed by atoms with E-state index in [1.165, 1.54) is 0 Å². The van der Waals surface area contributed by atoms with Crippen molar-refractivity contribution in [1.29, 1.82) is 0 Å². The van der Waals surface area contributed by atoms with Gasteiger partial charge in [-0.3, -0.25) is 4.79 Å². The SMILES string of the molecule is CC1(C)OB(c2ccc(OCc3ccccc3)c(CC(=O)N3CCC3)c2)OC1(C)C. The van der Waals surface area contributed by atoms with Gasteiger partial charge in [0.05, 0.1) is 17.6 Å². The molecule has 0 unspecified atom stereocenters. The predicted molar refractivity (Wildman–Crippen MR) is 118 cm³/mol. The van der Waals surface area contributed by atoms with Crippen molar-refractivity contribution in [3.8, 4) is 5.75 Å². The van der Waals surface area contributed by atoms with Gasteiger partial charge >= 0.3 is 7.12 Å². The molecule has 2 fully saturated rings. The largest absolute Gasteiger partial charge is 0.494 e. The second-order valence-electron chi connectivity index (χ2n) is 9.14. The molecule has 0 aliphatic carbocycles. The maximum absolute atomic E-state index is 12.7. The van der Waals surface area contributed by atoms with Crippen LogP contribution in [0.5, 0.6) is 5.75 Å². The molecule has 30 heavy (non-hydrogen) atoms. The van der Waals surface area contributed by atoms with E-state index >= 15 is 0 Å². The van der Waals surface area contributed by atoms with Crippen LogP contribution in [0, 0.1) is 0 Å². The zero-order valence-corrected chi connectivity index (χ0v) is 18.3. The summed E-state index contributed by atoms with van der Waals surface area (Å²) in [5, 5.41) is 0. The number of carbonyl (C=O) groups excluding carboxylic acids is 1. The Morgan fingerprint density at radius 1 is 1.03 bits per heavy atom. The van der Waals surface area contributed by atoms with Gasteiger partial charge in [-0.25, -0.2) is 0 Å². The minimum atomic E-state index is -0.462. The summed E-state index contributed by atoms with van der Waals surface area (Å²) >= 11 is 0. The lowest BCUT2D eigenvalue weighted by Gasteiger charge is -2.32. The second kappa shape index (κ2) is 8.08. The van der Waals surface area contributed by atoms with Gasteiger partial charge in [-0.15, -0.1) is 0 Å². The van der Waals surface area contributed by atoms with Crippen LogP contribution >= 0.6 is 0 Å². The van der Waals surface area contributed by atoms with E-state index in [4.69, 9.17) is 14.0 Å². The van der Waals surface area contributed by atoms with E-state index in [9.17, 15) is 4.79 Å². The fourth-order valence-electron chi connectivity index (χ4n) is 3.58. The van der Waals surface area contributed by atoms with Crippen molar-refractivity contribution in [2.75, 3.05) is 13.1 Å². The maximum Gasteiger partial charge on any atom is 0.494 e. The quantitative estimate of drug-likeness (QED) is 0.690. The number of benzene rings is 2. The molecule has 2 saturated heterocycles. The van der Waals surface area contributed by atoms with Gasteiger partial charge in [0.25, 0.3) is 0 Å². The summed E-state index contributed by atoms with van der Waals surface area (Å²) in [4.78, 5) is 14.6. The average Bonchev–Trinajstić information content (AvgIpc) is 2.87. The molecule has 2 aliphatic rings. The van der Waals surface area contributed by atoms with Crippen LogP contribution in [0.25, 0.3) is 0 Å². The number of hydrogen-bond acceptors (Lipinski definition) is 4. The topological polar surface area (TPSA) is 48.0 Å². The lowest BCUT2D eigenvalue weighted by molar-refractivity contribution is -0.133. The summed E-state index contributed by atoms with van der Waals surface area (Å²) in [7, 11) is -0.462. The first-order valence-electron chi connectivity index (χ1n) is 10.7. The smallest absolute Gasteiger partial charge is 0.489 e. The minimum Gasteiger partial charge on any atom is -0.489 e. The molecule has 2 heterocycles. The average molecular weight is 407 g/mol. The first kappa shape index (κ1) is 20.9. The highest BCUT2D eigenvalue weighted by atomic mass is 16.7. The molecule has 158 valence electrons. The summed E-state index contributed by atoms with van der Waals surface area (Å²) in [6, 6.07) is 15.9. The molecule has 5 nitrogen and oxygen atoms in total. The van der Waals surface area contributed by atoms with E-state index in [1.54, 1.807) is 0 Å². The first-order chi connectivity index (χ1) is 14.2. The zero-order valence-electron chi connectivity index (χ0n) is 18.3. The Bertz CT molecular complexity index is 893. The summed E-state index contributed by atoms with van der Waals surface area (Å²) in [5.41, 5.74) is 2.05. The molecule has 6 heteroatoms. The highest BCUT2D eigenvalue weighted by Crippen LogP contribution is 2.36. The molecular weight excluding hydrogens is 377 g/mol. The lowest BCUT2D eigenvalue weighted by Crippen LogP contribution is -2.43. The third-order valence-electron chi connectivity index (χ3n) is 6.40. The minimum absolute atomic E-state index is 0.136. The molecule has 0 bridgehead atoms. The number of amides is 1. The molecule has 0 spiro atoms. The van der Waals surface area contributed by atoms with Crippen molar-refractivity contribution in [2.45, 2.75) is 58.3 Å². The molecule has 0 N–H and O–H groups in total. The van der Waals surface area contributed by atoms with Crippen molar-refractivity contribution in [3.05, 3.63) is 59.7 Å². The van der Waals surface area contributed by atoms with Gasteiger partial charge in [-0.1, -0.05) is 42.5 Å². The Balaban J connectivity index is 1.57. The molecule has 4 rings (SSSR count). The van der Waals surface area contributed by atoms with Gasteiger partial charge in [-0.2, -0.15) is 0 Å². The third-order valence-corrected chi connectivity index (χ3v) is 6.40. The van der Waals surface area contributed by atoms with E-state index in [-0.39, 0.29) is 5.91 Å². The highest BCUT2D eigenvalue weighted by molar-refractivity contribution is 6.62. The van der Waals surface area contributed by atoms with Gasteiger partial charge in [-0.05, 0) is 51.2 Å². The van der Waals surface area contributed by atoms with E-state index in [1.807, 2.05) is 81.1 Å². The summed E-state index contributed by atoms with van der Waals surface area (Å²) < 4.78 is 18.5. The van der Waals surface area contributed by atoms with E-state index < -0.39 is 18.3 Å². The van der Waals surface area contributed by atoms with E-state index in [2.05, 4.69) is 0 Å². The Morgan fingerprint density at radius 3 is 2.30 bits per heavy atom. The molecular formula is C24H30BNO4. The van der Waals surface area contributed by atoms with Gasteiger partial charge in [0.2, 0.25) is 5.91 Å². The number of nitrogens with zero attached hydrogens (tertiary/aromatic N) is 1. The van der Waals surface area contributed by atoms with Crippen molar-refractivity contribution >= 4 is 18.5 Å². The van der Waals surface area contributed by atoms with Crippen molar-refractivity contribution in [3.63, 3.8) is 0 Å². The Hall–Kier alpha value is -2.31. The van der Waals surface area contributed by atoms with Crippen molar-refractivity contribution < 1.29 is 18.8 Å². The summed E-state index contributed by atoms with van der Waals surface area (Å²) in [5.74, 6) is 0.866. The fourth-order valence-corrected chi connectivity index (χ4v) is 3.58. The molecule has 2 aromatic rings. The number of likely N-dealkylation sites (tertiary alicyclic amines) is 1. The van der Waals surface area contributed by atoms with E-state index in [0.29, 0.717) is 13.0 Å². The molecule has 0 saturated carbocycles. The Morgan fingerprint density at radius 2 is 1.70 bits per heavy atom. The zero-order chi connectivity index (χ0) is 21.4. The fraction of sp³-hybridized carbons (Fsp3) is 0.458.